The van der Waals surface area contributed by atoms with Gasteiger partial charge in [0, 0.05) is 24.0 Å². The Morgan fingerprint density at radius 3 is 2.64 bits per heavy atom. The summed E-state index contributed by atoms with van der Waals surface area (Å²) in [7, 11) is 0. The largest absolute Gasteiger partial charge is 0.339 e. The van der Waals surface area contributed by atoms with Gasteiger partial charge >= 0.3 is 0 Å². The van der Waals surface area contributed by atoms with Crippen LogP contribution in [0.25, 0.3) is 0 Å². The Bertz CT molecular complexity index is 744. The quantitative estimate of drug-likeness (QED) is 0.759. The molecule has 1 amide bonds. The number of carbonyl (C=O) groups excluding carboxylic acids is 1. The first-order valence-electron chi connectivity index (χ1n) is 7.63. The summed E-state index contributed by atoms with van der Waals surface area (Å²) in [6, 6.07) is 14.7. The number of carbonyl (C=O) groups is 1. The number of hydrogen-bond donors (Lipinski definition) is 0. The molecule has 2 aliphatic rings. The Labute approximate surface area is 138 Å². The summed E-state index contributed by atoms with van der Waals surface area (Å²) in [5.74, 6) is 0.170. The van der Waals surface area contributed by atoms with Crippen molar-refractivity contribution in [3.8, 4) is 0 Å². The predicted octanol–water partition coefficient (Wildman–Crippen LogP) is 4.01. The van der Waals surface area contributed by atoms with Gasteiger partial charge in [-0.05, 0) is 29.7 Å². The average Bonchev–Trinajstić information content (AvgIpc) is 2.91. The molecular formula is C18H17BrN2O. The molecule has 2 aliphatic heterocycles. The van der Waals surface area contributed by atoms with E-state index in [0.29, 0.717) is 18.3 Å². The molecule has 2 aromatic rings. The van der Waals surface area contributed by atoms with Crippen LogP contribution in [0, 0.1) is 0 Å². The zero-order valence-electron chi connectivity index (χ0n) is 12.3. The van der Waals surface area contributed by atoms with Gasteiger partial charge in [-0.2, -0.15) is 0 Å². The van der Waals surface area contributed by atoms with E-state index in [9.17, 15) is 4.79 Å². The maximum Gasteiger partial charge on any atom is 0.228 e. The third-order valence-corrected chi connectivity index (χ3v) is 4.88. The highest BCUT2D eigenvalue weighted by molar-refractivity contribution is 9.09. The van der Waals surface area contributed by atoms with Gasteiger partial charge in [0.1, 0.15) is 0 Å². The molecule has 2 aromatic carbocycles. The second-order valence-electron chi connectivity index (χ2n) is 5.73. The zero-order valence-corrected chi connectivity index (χ0v) is 13.8. The Kier molecular flexibility index (Phi) is 3.41. The number of amides is 1. The Morgan fingerprint density at radius 1 is 1.05 bits per heavy atom. The molecule has 3 nitrogen and oxygen atoms in total. The minimum atomic E-state index is 0.170. The highest BCUT2D eigenvalue weighted by Crippen LogP contribution is 2.45. The maximum atomic E-state index is 12.6. The number of para-hydroxylation sites is 3. The highest BCUT2D eigenvalue weighted by Gasteiger charge is 2.31. The van der Waals surface area contributed by atoms with Crippen molar-refractivity contribution < 1.29 is 4.79 Å². The summed E-state index contributed by atoms with van der Waals surface area (Å²) < 4.78 is 0. The number of nitrogens with zero attached hydrogens (tertiary/aromatic N) is 2. The van der Waals surface area contributed by atoms with Crippen LogP contribution in [0.15, 0.2) is 42.5 Å². The van der Waals surface area contributed by atoms with Crippen molar-refractivity contribution in [2.45, 2.75) is 19.4 Å². The van der Waals surface area contributed by atoms with E-state index >= 15 is 0 Å². The molecule has 0 bridgehead atoms. The van der Waals surface area contributed by atoms with Crippen molar-refractivity contribution in [1.29, 1.82) is 0 Å². The molecule has 0 unspecified atom stereocenters. The van der Waals surface area contributed by atoms with Crippen molar-refractivity contribution in [2.75, 3.05) is 21.7 Å². The van der Waals surface area contributed by atoms with Crippen LogP contribution >= 0.6 is 15.9 Å². The van der Waals surface area contributed by atoms with Crippen LogP contribution in [0.4, 0.5) is 17.1 Å². The van der Waals surface area contributed by atoms with Crippen molar-refractivity contribution in [1.82, 2.24) is 0 Å². The zero-order chi connectivity index (χ0) is 15.1. The summed E-state index contributed by atoms with van der Waals surface area (Å²) in [4.78, 5) is 16.9. The van der Waals surface area contributed by atoms with Gasteiger partial charge in [0.15, 0.2) is 0 Å². The molecule has 0 fully saturated rings. The normalized spacial score (nSPS) is 15.3. The topological polar surface area (TPSA) is 23.6 Å². The second-order valence-corrected chi connectivity index (χ2v) is 6.53. The smallest absolute Gasteiger partial charge is 0.228 e. The lowest BCUT2D eigenvalue weighted by Gasteiger charge is -2.25. The van der Waals surface area contributed by atoms with E-state index in [2.05, 4.69) is 57.2 Å². The summed E-state index contributed by atoms with van der Waals surface area (Å²) in [6.07, 6.45) is 1.59. The van der Waals surface area contributed by atoms with Crippen LogP contribution in [-0.4, -0.2) is 17.8 Å². The van der Waals surface area contributed by atoms with Gasteiger partial charge in [-0.15, -0.1) is 0 Å². The summed E-state index contributed by atoms with van der Waals surface area (Å²) in [5, 5.41) is 0.696. The van der Waals surface area contributed by atoms with E-state index in [1.165, 1.54) is 16.8 Å². The Balaban J connectivity index is 1.90. The number of halogens is 1. The van der Waals surface area contributed by atoms with Gasteiger partial charge in [-0.3, -0.25) is 4.79 Å². The van der Waals surface area contributed by atoms with E-state index in [4.69, 9.17) is 0 Å². The molecule has 0 radical (unpaired) electrons. The fourth-order valence-electron chi connectivity index (χ4n) is 3.52. The van der Waals surface area contributed by atoms with Crippen molar-refractivity contribution >= 4 is 38.9 Å². The molecule has 0 aromatic heterocycles. The van der Waals surface area contributed by atoms with Gasteiger partial charge in [0.05, 0.1) is 17.9 Å². The van der Waals surface area contributed by atoms with Crippen LogP contribution in [-0.2, 0) is 17.8 Å². The number of hydrogen-bond acceptors (Lipinski definition) is 2. The average molecular weight is 357 g/mol. The first kappa shape index (κ1) is 13.8. The maximum absolute atomic E-state index is 12.6. The second kappa shape index (κ2) is 5.43. The van der Waals surface area contributed by atoms with Crippen LogP contribution in [0.1, 0.15) is 17.5 Å². The van der Waals surface area contributed by atoms with Crippen molar-refractivity contribution in [2.24, 2.45) is 0 Å². The molecule has 2 heterocycles. The Hall–Kier alpha value is -1.81. The number of anilines is 3. The SMILES string of the molecule is O=C(CCBr)N1Cc2cccc3c2N(CC3)c2ccccc21. The highest BCUT2D eigenvalue weighted by atomic mass is 79.9. The van der Waals surface area contributed by atoms with Gasteiger partial charge in [0.25, 0.3) is 0 Å². The molecule has 4 rings (SSSR count). The lowest BCUT2D eigenvalue weighted by atomic mass is 10.1. The van der Waals surface area contributed by atoms with Crippen molar-refractivity contribution in [3.05, 3.63) is 53.6 Å². The van der Waals surface area contributed by atoms with E-state index in [1.807, 2.05) is 11.0 Å². The molecule has 0 aliphatic carbocycles. The molecule has 0 saturated heterocycles. The third-order valence-electron chi connectivity index (χ3n) is 4.48. The van der Waals surface area contributed by atoms with Gasteiger partial charge in [-0.1, -0.05) is 46.3 Å². The van der Waals surface area contributed by atoms with Crippen molar-refractivity contribution in [3.63, 3.8) is 0 Å². The summed E-state index contributed by atoms with van der Waals surface area (Å²) in [6.45, 7) is 1.65. The van der Waals surface area contributed by atoms with Crippen LogP contribution < -0.4 is 9.80 Å². The summed E-state index contributed by atoms with van der Waals surface area (Å²) >= 11 is 3.38. The first-order valence-corrected chi connectivity index (χ1v) is 8.75. The number of alkyl halides is 1. The number of fused-ring (bicyclic) bond motifs is 2. The van der Waals surface area contributed by atoms with E-state index in [1.54, 1.807) is 0 Å². The number of rotatable bonds is 2. The van der Waals surface area contributed by atoms with Crippen LogP contribution in [0.3, 0.4) is 0 Å². The van der Waals surface area contributed by atoms with E-state index < -0.39 is 0 Å². The molecule has 112 valence electrons. The molecular weight excluding hydrogens is 340 g/mol. The Morgan fingerprint density at radius 2 is 1.82 bits per heavy atom. The van der Waals surface area contributed by atoms with Crippen LogP contribution in [0.5, 0.6) is 0 Å². The lowest BCUT2D eigenvalue weighted by Crippen LogP contribution is -2.30. The van der Waals surface area contributed by atoms with E-state index in [0.717, 1.165) is 24.3 Å². The standard InChI is InChI=1S/C18H17BrN2O/c19-10-8-17(22)21-12-14-5-3-4-13-9-11-20(18(13)14)15-6-1-2-7-16(15)21/h1-7H,8-12H2. The number of benzene rings is 2. The molecule has 0 spiro atoms. The predicted molar refractivity (Wildman–Crippen MR) is 93.2 cm³/mol. The first-order chi connectivity index (χ1) is 10.8. The molecule has 4 heteroatoms. The minimum Gasteiger partial charge on any atom is -0.339 e. The van der Waals surface area contributed by atoms with Crippen LogP contribution in [0.2, 0.25) is 0 Å². The molecule has 0 saturated carbocycles. The van der Waals surface area contributed by atoms with Gasteiger partial charge in [0.2, 0.25) is 5.91 Å². The van der Waals surface area contributed by atoms with Gasteiger partial charge in [-0.25, -0.2) is 0 Å². The molecule has 0 atom stereocenters. The lowest BCUT2D eigenvalue weighted by molar-refractivity contribution is -0.118. The van der Waals surface area contributed by atoms with E-state index in [-0.39, 0.29) is 5.91 Å². The summed E-state index contributed by atoms with van der Waals surface area (Å²) in [5.41, 5.74) is 6.12. The molecule has 22 heavy (non-hydrogen) atoms. The fourth-order valence-corrected chi connectivity index (χ4v) is 3.86. The monoisotopic (exact) mass is 356 g/mol. The minimum absolute atomic E-state index is 0.170. The third kappa shape index (κ3) is 2.05. The van der Waals surface area contributed by atoms with Gasteiger partial charge < -0.3 is 9.80 Å². The molecule has 0 N–H and O–H groups in total. The fraction of sp³-hybridized carbons (Fsp3) is 0.278.